The number of nitrogens with zero attached hydrogens (tertiary/aromatic N) is 1. The molecule has 4 nitrogen and oxygen atoms in total. The molecule has 0 unspecified atom stereocenters. The lowest BCUT2D eigenvalue weighted by Crippen LogP contribution is -2.67. The van der Waals surface area contributed by atoms with E-state index in [0.29, 0.717) is 11.8 Å². The number of carbonyl (C=O) groups is 1. The number of hydrogen-bond donors (Lipinski definition) is 1. The number of hydrogen-bond acceptors (Lipinski definition) is 2. The molecule has 0 heterocycles. The summed E-state index contributed by atoms with van der Waals surface area (Å²) < 4.78 is 7.38. The minimum atomic E-state index is -2.63. The molecule has 1 amide bonds. The van der Waals surface area contributed by atoms with E-state index in [4.69, 9.17) is 4.43 Å². The van der Waals surface area contributed by atoms with E-state index in [2.05, 4.69) is 81.4 Å². The van der Waals surface area contributed by atoms with Gasteiger partial charge in [-0.05, 0) is 60.9 Å². The van der Waals surface area contributed by atoms with Crippen LogP contribution in [-0.4, -0.2) is 42.1 Å². The van der Waals surface area contributed by atoms with Crippen molar-refractivity contribution in [3.63, 3.8) is 0 Å². The van der Waals surface area contributed by atoms with Crippen LogP contribution in [0.5, 0.6) is 0 Å². The molecule has 2 fully saturated rings. The number of benzene rings is 2. The molecule has 4 rings (SSSR count). The molecule has 2 saturated carbocycles. The molecule has 5 heteroatoms. The molecule has 172 valence electrons. The molecule has 0 radical (unpaired) electrons. The molecule has 2 aliphatic rings. The smallest absolute Gasteiger partial charge is 0.407 e. The second kappa shape index (κ2) is 8.03. The van der Waals surface area contributed by atoms with Crippen molar-refractivity contribution in [1.82, 2.24) is 4.90 Å². The molecule has 0 bridgehead atoms. The SMILES string of the molecule is CC(C)(C)N(C(=O)O)[C@@H]1C[C@H](O[Si](c2ccccc2)(c2ccccc2)C(C)(C)C)[C@H]2C[C@H]21. The summed E-state index contributed by atoms with van der Waals surface area (Å²) >= 11 is 0. The van der Waals surface area contributed by atoms with Gasteiger partial charge < -0.3 is 14.4 Å². The van der Waals surface area contributed by atoms with E-state index in [1.54, 1.807) is 4.90 Å². The number of rotatable bonds is 5. The highest BCUT2D eigenvalue weighted by molar-refractivity contribution is 6.99. The fraction of sp³-hybridized carbons (Fsp3) is 0.519. The highest BCUT2D eigenvalue weighted by Gasteiger charge is 2.62. The van der Waals surface area contributed by atoms with Crippen LogP contribution in [0.2, 0.25) is 5.04 Å². The van der Waals surface area contributed by atoms with Crippen molar-refractivity contribution in [1.29, 1.82) is 0 Å². The summed E-state index contributed by atoms with van der Waals surface area (Å²) in [5.41, 5.74) is -0.421. The van der Waals surface area contributed by atoms with Crippen LogP contribution in [0.1, 0.15) is 54.4 Å². The highest BCUT2D eigenvalue weighted by Crippen LogP contribution is 2.57. The van der Waals surface area contributed by atoms with E-state index in [0.717, 1.165) is 12.8 Å². The van der Waals surface area contributed by atoms with Crippen LogP contribution in [0.25, 0.3) is 0 Å². The molecule has 1 N–H and O–H groups in total. The average Bonchev–Trinajstić information content (AvgIpc) is 3.43. The molecule has 32 heavy (non-hydrogen) atoms. The fourth-order valence-electron chi connectivity index (χ4n) is 5.97. The van der Waals surface area contributed by atoms with Gasteiger partial charge in [-0.1, -0.05) is 81.4 Å². The maximum Gasteiger partial charge on any atom is 0.407 e. The second-order valence-electron chi connectivity index (χ2n) is 11.5. The van der Waals surface area contributed by atoms with Gasteiger partial charge in [-0.25, -0.2) is 4.79 Å². The van der Waals surface area contributed by atoms with Gasteiger partial charge in [0.1, 0.15) is 0 Å². The quantitative estimate of drug-likeness (QED) is 0.642. The molecular formula is C27H37NO3Si. The first-order valence-electron chi connectivity index (χ1n) is 11.8. The van der Waals surface area contributed by atoms with E-state index in [1.807, 2.05) is 20.8 Å². The van der Waals surface area contributed by atoms with Gasteiger partial charge in [-0.2, -0.15) is 0 Å². The molecule has 2 aromatic rings. The Morgan fingerprint density at radius 3 is 1.78 bits per heavy atom. The van der Waals surface area contributed by atoms with Gasteiger partial charge in [-0.3, -0.25) is 0 Å². The van der Waals surface area contributed by atoms with Crippen molar-refractivity contribution >= 4 is 24.8 Å². The van der Waals surface area contributed by atoms with Gasteiger partial charge in [0.15, 0.2) is 0 Å². The zero-order chi connectivity index (χ0) is 23.3. The summed E-state index contributed by atoms with van der Waals surface area (Å²) in [6, 6.07) is 21.5. The summed E-state index contributed by atoms with van der Waals surface area (Å²) in [6.07, 6.45) is 1.11. The third kappa shape index (κ3) is 3.90. The highest BCUT2D eigenvalue weighted by atomic mass is 28.4. The van der Waals surface area contributed by atoms with Crippen LogP contribution in [0.3, 0.4) is 0 Å². The van der Waals surface area contributed by atoms with Crippen molar-refractivity contribution in [2.45, 2.75) is 77.1 Å². The van der Waals surface area contributed by atoms with Gasteiger partial charge >= 0.3 is 6.09 Å². The van der Waals surface area contributed by atoms with E-state index < -0.39 is 19.9 Å². The molecule has 0 spiro atoms. The first-order valence-corrected chi connectivity index (χ1v) is 13.7. The van der Waals surface area contributed by atoms with Crippen LogP contribution in [0.4, 0.5) is 4.79 Å². The minimum absolute atomic E-state index is 0.0284. The van der Waals surface area contributed by atoms with Gasteiger partial charge in [0, 0.05) is 11.6 Å². The third-order valence-corrected chi connectivity index (χ3v) is 12.4. The normalized spacial score (nSPS) is 25.3. The fourth-order valence-corrected chi connectivity index (χ4v) is 10.7. The predicted molar refractivity (Wildman–Crippen MR) is 132 cm³/mol. The Morgan fingerprint density at radius 2 is 1.38 bits per heavy atom. The Balaban J connectivity index is 1.75. The summed E-state index contributed by atoms with van der Waals surface area (Å²) in [7, 11) is -2.63. The van der Waals surface area contributed by atoms with E-state index in [1.165, 1.54) is 10.4 Å². The standard InChI is InChI=1S/C27H37NO3Si/c1-26(2,3)28(25(29)30)23-18-24(22-17-21(22)23)31-32(27(4,5)6,19-13-9-7-10-14-19)20-15-11-8-12-16-20/h7-16,21-24H,17-18H2,1-6H3,(H,29,30)/t21-,22+,23-,24+/m1/s1. The van der Waals surface area contributed by atoms with Crippen molar-refractivity contribution in [2.24, 2.45) is 11.8 Å². The monoisotopic (exact) mass is 451 g/mol. The zero-order valence-corrected chi connectivity index (χ0v) is 21.2. The van der Waals surface area contributed by atoms with Crippen molar-refractivity contribution in [3.8, 4) is 0 Å². The molecule has 0 aromatic heterocycles. The maximum atomic E-state index is 12.2. The number of amides is 1. The molecule has 0 saturated heterocycles. The predicted octanol–water partition coefficient (Wildman–Crippen LogP) is 5.12. The minimum Gasteiger partial charge on any atom is -0.465 e. The molecule has 2 aromatic carbocycles. The van der Waals surface area contributed by atoms with Crippen molar-refractivity contribution in [2.75, 3.05) is 0 Å². The first-order chi connectivity index (χ1) is 15.0. The summed E-state index contributed by atoms with van der Waals surface area (Å²) in [6.45, 7) is 12.9. The van der Waals surface area contributed by atoms with Crippen LogP contribution in [-0.2, 0) is 4.43 Å². The topological polar surface area (TPSA) is 49.8 Å². The first kappa shape index (κ1) is 23.1. The van der Waals surface area contributed by atoms with E-state index in [-0.39, 0.29) is 17.2 Å². The van der Waals surface area contributed by atoms with Gasteiger partial charge in [0.05, 0.1) is 6.10 Å². The third-order valence-electron chi connectivity index (χ3n) is 7.34. The Bertz CT molecular complexity index is 909. The maximum absolute atomic E-state index is 12.2. The molecule has 4 atom stereocenters. The molecule has 2 aliphatic carbocycles. The largest absolute Gasteiger partial charge is 0.465 e. The average molecular weight is 452 g/mol. The van der Waals surface area contributed by atoms with E-state index in [9.17, 15) is 9.90 Å². The summed E-state index contributed by atoms with van der Waals surface area (Å²) in [4.78, 5) is 13.9. The Morgan fingerprint density at radius 1 is 0.875 bits per heavy atom. The van der Waals surface area contributed by atoms with Gasteiger partial charge in [-0.15, -0.1) is 0 Å². The van der Waals surface area contributed by atoms with Gasteiger partial charge in [0.25, 0.3) is 8.32 Å². The summed E-state index contributed by atoms with van der Waals surface area (Å²) in [5, 5.41) is 12.5. The van der Waals surface area contributed by atoms with Crippen LogP contribution < -0.4 is 10.4 Å². The Hall–Kier alpha value is -2.11. The zero-order valence-electron chi connectivity index (χ0n) is 20.2. The van der Waals surface area contributed by atoms with Crippen molar-refractivity contribution in [3.05, 3.63) is 60.7 Å². The Labute approximate surface area is 193 Å². The second-order valence-corrected chi connectivity index (χ2v) is 15.8. The summed E-state index contributed by atoms with van der Waals surface area (Å²) in [5.74, 6) is 0.861. The van der Waals surface area contributed by atoms with Crippen LogP contribution in [0.15, 0.2) is 60.7 Å². The number of fused-ring (bicyclic) bond motifs is 1. The molecule has 0 aliphatic heterocycles. The lowest BCUT2D eigenvalue weighted by molar-refractivity contribution is 0.0569. The van der Waals surface area contributed by atoms with Crippen LogP contribution in [0, 0.1) is 11.8 Å². The van der Waals surface area contributed by atoms with Crippen LogP contribution >= 0.6 is 0 Å². The molecular weight excluding hydrogens is 414 g/mol. The Kier molecular flexibility index (Phi) is 5.79. The number of carboxylic acid groups (broad SMARTS) is 1. The van der Waals surface area contributed by atoms with E-state index >= 15 is 0 Å². The lowest BCUT2D eigenvalue weighted by atomic mass is 10.0. The lowest BCUT2D eigenvalue weighted by Gasteiger charge is -2.45. The van der Waals surface area contributed by atoms with Crippen molar-refractivity contribution < 1.29 is 14.3 Å². The van der Waals surface area contributed by atoms with Gasteiger partial charge in [0.2, 0.25) is 0 Å².